The van der Waals surface area contributed by atoms with Crippen LogP contribution in [0, 0.1) is 0 Å². The van der Waals surface area contributed by atoms with Crippen molar-refractivity contribution >= 4 is 40.9 Å². The van der Waals surface area contributed by atoms with Gasteiger partial charge in [0, 0.05) is 22.0 Å². The van der Waals surface area contributed by atoms with Crippen molar-refractivity contribution in [2.75, 3.05) is 0 Å². The lowest BCUT2D eigenvalue weighted by Gasteiger charge is -2.09. The third-order valence-electron chi connectivity index (χ3n) is 3.56. The second-order valence-corrected chi connectivity index (χ2v) is 7.31. The fourth-order valence-electron chi connectivity index (χ4n) is 2.20. The van der Waals surface area contributed by atoms with Crippen LogP contribution in [0.2, 0.25) is 10.0 Å². The minimum absolute atomic E-state index is 0.187. The summed E-state index contributed by atoms with van der Waals surface area (Å²) in [4.78, 5) is 16.8. The Labute approximate surface area is 166 Å². The van der Waals surface area contributed by atoms with Gasteiger partial charge in [-0.1, -0.05) is 47.5 Å². The molecule has 26 heavy (non-hydrogen) atoms. The molecular formula is C20H15Cl2NO2S. The van der Waals surface area contributed by atoms with E-state index < -0.39 is 5.97 Å². The van der Waals surface area contributed by atoms with E-state index in [1.807, 2.05) is 36.4 Å². The number of aromatic nitrogens is 1. The molecule has 3 rings (SSSR count). The van der Waals surface area contributed by atoms with Crippen molar-refractivity contribution in [1.29, 1.82) is 0 Å². The largest absolute Gasteiger partial charge is 0.457 e. The van der Waals surface area contributed by atoms with E-state index in [0.717, 1.165) is 11.1 Å². The van der Waals surface area contributed by atoms with Gasteiger partial charge in [-0.3, -0.25) is 0 Å². The maximum absolute atomic E-state index is 12.4. The zero-order valence-electron chi connectivity index (χ0n) is 13.7. The first-order chi connectivity index (χ1) is 12.6. The van der Waals surface area contributed by atoms with Crippen molar-refractivity contribution in [2.24, 2.45) is 0 Å². The number of carbonyl (C=O) groups excluding carboxylic acids is 1. The fourth-order valence-corrected chi connectivity index (χ4v) is 3.39. The molecule has 0 spiro atoms. The van der Waals surface area contributed by atoms with Gasteiger partial charge in [0.15, 0.2) is 0 Å². The molecule has 2 aromatic carbocycles. The van der Waals surface area contributed by atoms with E-state index in [1.165, 1.54) is 11.8 Å². The van der Waals surface area contributed by atoms with E-state index in [-0.39, 0.29) is 6.61 Å². The van der Waals surface area contributed by atoms with Gasteiger partial charge in [-0.15, -0.1) is 11.8 Å². The molecule has 3 aromatic rings. The number of thioether (sulfide) groups is 1. The Bertz CT molecular complexity index is 883. The highest BCUT2D eigenvalue weighted by Crippen LogP contribution is 2.25. The molecule has 0 saturated carbocycles. The highest BCUT2D eigenvalue weighted by molar-refractivity contribution is 7.98. The molecule has 0 radical (unpaired) electrons. The maximum atomic E-state index is 12.4. The molecular weight excluding hydrogens is 389 g/mol. The van der Waals surface area contributed by atoms with Gasteiger partial charge in [-0.05, 0) is 47.5 Å². The normalized spacial score (nSPS) is 10.5. The van der Waals surface area contributed by atoms with Crippen LogP contribution in [-0.4, -0.2) is 11.0 Å². The highest BCUT2D eigenvalue weighted by atomic mass is 35.5. The summed E-state index contributed by atoms with van der Waals surface area (Å²) in [6.45, 7) is 0.187. The fraction of sp³-hybridized carbons (Fsp3) is 0.100. The first kappa shape index (κ1) is 18.8. The first-order valence-corrected chi connectivity index (χ1v) is 9.60. The SMILES string of the molecule is O=C(OCc1ccc(Cl)cc1)c1cccnc1SCc1ccc(Cl)cc1. The molecule has 0 aliphatic carbocycles. The Balaban J connectivity index is 1.64. The smallest absolute Gasteiger partial charge is 0.341 e. The van der Waals surface area contributed by atoms with Crippen LogP contribution in [0.1, 0.15) is 21.5 Å². The number of nitrogens with zero attached hydrogens (tertiary/aromatic N) is 1. The number of hydrogen-bond donors (Lipinski definition) is 0. The standard InChI is InChI=1S/C20H15Cl2NO2S/c21-16-7-3-14(4-8-16)12-25-20(24)18-2-1-11-23-19(18)26-13-15-5-9-17(22)10-6-15/h1-11H,12-13H2. The van der Waals surface area contributed by atoms with Gasteiger partial charge in [0.25, 0.3) is 0 Å². The number of rotatable bonds is 6. The molecule has 6 heteroatoms. The molecule has 0 unspecified atom stereocenters. The van der Waals surface area contributed by atoms with Crippen molar-refractivity contribution < 1.29 is 9.53 Å². The van der Waals surface area contributed by atoms with Gasteiger partial charge in [-0.25, -0.2) is 9.78 Å². The number of carbonyl (C=O) groups is 1. The van der Waals surface area contributed by atoms with Crippen LogP contribution in [0.5, 0.6) is 0 Å². The van der Waals surface area contributed by atoms with Crippen molar-refractivity contribution in [3.63, 3.8) is 0 Å². The lowest BCUT2D eigenvalue weighted by Crippen LogP contribution is -2.07. The number of pyridine rings is 1. The quantitative estimate of drug-likeness (QED) is 0.371. The second-order valence-electron chi connectivity index (χ2n) is 5.47. The molecule has 1 aromatic heterocycles. The Morgan fingerprint density at radius 3 is 2.19 bits per heavy atom. The molecule has 3 nitrogen and oxygen atoms in total. The molecule has 0 amide bonds. The zero-order valence-corrected chi connectivity index (χ0v) is 16.0. The lowest BCUT2D eigenvalue weighted by atomic mass is 10.2. The van der Waals surface area contributed by atoms with Crippen LogP contribution < -0.4 is 0 Å². The summed E-state index contributed by atoms with van der Waals surface area (Å²) in [6, 6.07) is 18.2. The van der Waals surface area contributed by atoms with Gasteiger partial charge < -0.3 is 4.74 Å². The number of hydrogen-bond acceptors (Lipinski definition) is 4. The molecule has 0 N–H and O–H groups in total. The van der Waals surface area contributed by atoms with Crippen molar-refractivity contribution in [3.8, 4) is 0 Å². The molecule has 132 valence electrons. The topological polar surface area (TPSA) is 39.2 Å². The Hall–Kier alpha value is -2.01. The molecule has 0 aliphatic heterocycles. The molecule has 1 heterocycles. The average molecular weight is 404 g/mol. The van der Waals surface area contributed by atoms with E-state index in [4.69, 9.17) is 27.9 Å². The van der Waals surface area contributed by atoms with Gasteiger partial charge >= 0.3 is 5.97 Å². The van der Waals surface area contributed by atoms with Crippen LogP contribution in [0.25, 0.3) is 0 Å². The minimum atomic E-state index is -0.397. The summed E-state index contributed by atoms with van der Waals surface area (Å²) in [6.07, 6.45) is 1.67. The van der Waals surface area contributed by atoms with Gasteiger partial charge in [-0.2, -0.15) is 0 Å². The Kier molecular flexibility index (Phi) is 6.56. The minimum Gasteiger partial charge on any atom is -0.457 e. The van der Waals surface area contributed by atoms with Crippen LogP contribution in [0.15, 0.2) is 71.9 Å². The summed E-state index contributed by atoms with van der Waals surface area (Å²) in [5.41, 5.74) is 2.44. The summed E-state index contributed by atoms with van der Waals surface area (Å²) in [5, 5.41) is 1.99. The first-order valence-electron chi connectivity index (χ1n) is 7.85. The van der Waals surface area contributed by atoms with Crippen molar-refractivity contribution in [2.45, 2.75) is 17.4 Å². The second kappa shape index (κ2) is 9.08. The predicted octanol–water partition coefficient (Wildman–Crippen LogP) is 6.04. The molecule has 0 bridgehead atoms. The summed E-state index contributed by atoms with van der Waals surface area (Å²) < 4.78 is 5.41. The molecule has 0 saturated heterocycles. The predicted molar refractivity (Wildman–Crippen MR) is 106 cm³/mol. The molecule has 0 aliphatic rings. The third-order valence-corrected chi connectivity index (χ3v) is 5.14. The average Bonchev–Trinajstić information content (AvgIpc) is 2.67. The van der Waals surface area contributed by atoms with E-state index in [9.17, 15) is 4.79 Å². The van der Waals surface area contributed by atoms with Crippen molar-refractivity contribution in [3.05, 3.63) is 93.6 Å². The maximum Gasteiger partial charge on any atom is 0.341 e. The number of esters is 1. The van der Waals surface area contributed by atoms with Crippen LogP contribution >= 0.6 is 35.0 Å². The van der Waals surface area contributed by atoms with Crippen LogP contribution in [0.4, 0.5) is 0 Å². The highest BCUT2D eigenvalue weighted by Gasteiger charge is 2.14. The van der Waals surface area contributed by atoms with Crippen LogP contribution in [0.3, 0.4) is 0 Å². The van der Waals surface area contributed by atoms with Crippen molar-refractivity contribution in [1.82, 2.24) is 4.98 Å². The molecule has 0 fully saturated rings. The van der Waals surface area contributed by atoms with E-state index in [2.05, 4.69) is 4.98 Å². The number of halogens is 2. The zero-order chi connectivity index (χ0) is 18.4. The van der Waals surface area contributed by atoms with E-state index >= 15 is 0 Å². The Morgan fingerprint density at radius 1 is 0.923 bits per heavy atom. The van der Waals surface area contributed by atoms with Crippen LogP contribution in [-0.2, 0) is 17.1 Å². The monoisotopic (exact) mass is 403 g/mol. The number of ether oxygens (including phenoxy) is 1. The van der Waals surface area contributed by atoms with Gasteiger partial charge in [0.05, 0.1) is 5.56 Å². The molecule has 0 atom stereocenters. The van der Waals surface area contributed by atoms with E-state index in [0.29, 0.717) is 26.4 Å². The Morgan fingerprint density at radius 2 is 1.54 bits per heavy atom. The van der Waals surface area contributed by atoms with E-state index in [1.54, 1.807) is 30.5 Å². The number of benzene rings is 2. The summed E-state index contributed by atoms with van der Waals surface area (Å²) >= 11 is 13.2. The summed E-state index contributed by atoms with van der Waals surface area (Å²) in [5.74, 6) is 0.290. The van der Waals surface area contributed by atoms with Gasteiger partial charge in [0.2, 0.25) is 0 Å². The summed E-state index contributed by atoms with van der Waals surface area (Å²) in [7, 11) is 0. The lowest BCUT2D eigenvalue weighted by molar-refractivity contribution is 0.0467. The third kappa shape index (κ3) is 5.24. The van der Waals surface area contributed by atoms with Gasteiger partial charge in [0.1, 0.15) is 11.6 Å².